The molecule has 2 saturated heterocycles. The van der Waals surface area contributed by atoms with Crippen LogP contribution in [0.25, 0.3) is 0 Å². The number of nitrogens with zero attached hydrogens (tertiary/aromatic N) is 3. The third-order valence-electron chi connectivity index (χ3n) is 6.98. The van der Waals surface area contributed by atoms with Gasteiger partial charge in [-0.1, -0.05) is 46.2 Å². The standard InChI is InChI=1S/C25H39N3O3/c1-6-20(4)17-26-14-11-25(12-15-26)23(29)27(24(30)28(25)13-10-19(2)3)18-21-8-7-9-22(16-21)31-5/h7-9,16,19-20H,6,10-15,17-18H2,1-5H3/t20-/m1/s1. The highest BCUT2D eigenvalue weighted by atomic mass is 16.5. The molecule has 3 rings (SSSR count). The molecule has 0 aliphatic carbocycles. The van der Waals surface area contributed by atoms with E-state index >= 15 is 0 Å². The first-order valence-electron chi connectivity index (χ1n) is 11.8. The van der Waals surface area contributed by atoms with Gasteiger partial charge in [-0.15, -0.1) is 0 Å². The van der Waals surface area contributed by atoms with E-state index in [4.69, 9.17) is 4.74 Å². The smallest absolute Gasteiger partial charge is 0.327 e. The van der Waals surface area contributed by atoms with Crippen molar-refractivity contribution in [2.24, 2.45) is 11.8 Å². The summed E-state index contributed by atoms with van der Waals surface area (Å²) >= 11 is 0. The molecule has 1 aromatic carbocycles. The quantitative estimate of drug-likeness (QED) is 0.547. The Labute approximate surface area is 187 Å². The maximum Gasteiger partial charge on any atom is 0.327 e. The molecule has 6 nitrogen and oxygen atoms in total. The van der Waals surface area contributed by atoms with E-state index in [0.29, 0.717) is 24.9 Å². The average Bonchev–Trinajstić information content (AvgIpc) is 2.95. The second-order valence-electron chi connectivity index (χ2n) is 9.71. The molecule has 0 bridgehead atoms. The number of amides is 3. The zero-order valence-electron chi connectivity index (χ0n) is 19.9. The normalized spacial score (nSPS) is 20.2. The van der Waals surface area contributed by atoms with Crippen LogP contribution in [0, 0.1) is 11.8 Å². The molecular weight excluding hydrogens is 390 g/mol. The monoisotopic (exact) mass is 429 g/mol. The lowest BCUT2D eigenvalue weighted by Gasteiger charge is -2.43. The molecule has 2 fully saturated rings. The number of hydrogen-bond acceptors (Lipinski definition) is 4. The summed E-state index contributed by atoms with van der Waals surface area (Å²) in [5, 5.41) is 0. The lowest BCUT2D eigenvalue weighted by atomic mass is 9.85. The molecule has 1 spiro atoms. The molecule has 0 aromatic heterocycles. The first-order valence-corrected chi connectivity index (χ1v) is 11.8. The van der Waals surface area contributed by atoms with Crippen LogP contribution in [0.5, 0.6) is 5.75 Å². The Morgan fingerprint density at radius 2 is 1.84 bits per heavy atom. The van der Waals surface area contributed by atoms with Crippen LogP contribution in [0.1, 0.15) is 58.9 Å². The van der Waals surface area contributed by atoms with E-state index in [-0.39, 0.29) is 11.9 Å². The predicted octanol–water partition coefficient (Wildman–Crippen LogP) is 4.39. The largest absolute Gasteiger partial charge is 0.497 e. The summed E-state index contributed by atoms with van der Waals surface area (Å²) in [5.74, 6) is 1.85. The highest BCUT2D eigenvalue weighted by Gasteiger charge is 2.57. The highest BCUT2D eigenvalue weighted by molar-refractivity contribution is 6.07. The lowest BCUT2D eigenvalue weighted by Crippen LogP contribution is -2.57. The van der Waals surface area contributed by atoms with Crippen molar-refractivity contribution in [3.63, 3.8) is 0 Å². The fourth-order valence-electron chi connectivity index (χ4n) is 4.73. The molecule has 3 amide bonds. The Balaban J connectivity index is 1.80. The van der Waals surface area contributed by atoms with Gasteiger partial charge in [-0.2, -0.15) is 0 Å². The molecule has 1 aromatic rings. The van der Waals surface area contributed by atoms with Gasteiger partial charge >= 0.3 is 6.03 Å². The van der Waals surface area contributed by atoms with E-state index in [1.807, 2.05) is 29.2 Å². The summed E-state index contributed by atoms with van der Waals surface area (Å²) in [4.78, 5) is 33.0. The Hall–Kier alpha value is -2.08. The number of urea groups is 1. The fraction of sp³-hybridized carbons (Fsp3) is 0.680. The molecule has 0 N–H and O–H groups in total. The first kappa shape index (κ1) is 23.6. The van der Waals surface area contributed by atoms with Crippen molar-refractivity contribution in [1.82, 2.24) is 14.7 Å². The minimum absolute atomic E-state index is 0.0210. The average molecular weight is 430 g/mol. The van der Waals surface area contributed by atoms with Gasteiger partial charge < -0.3 is 14.5 Å². The zero-order valence-corrected chi connectivity index (χ0v) is 19.9. The van der Waals surface area contributed by atoms with Crippen LogP contribution in [0.4, 0.5) is 4.79 Å². The molecule has 0 saturated carbocycles. The molecule has 2 aliphatic rings. The van der Waals surface area contributed by atoms with E-state index in [1.165, 1.54) is 4.90 Å². The van der Waals surface area contributed by atoms with Crippen LogP contribution in [0.3, 0.4) is 0 Å². The molecule has 172 valence electrons. The SMILES string of the molecule is CC[C@@H](C)CN1CCC2(CC1)C(=O)N(Cc1cccc(OC)c1)C(=O)N2CCC(C)C. The molecule has 0 radical (unpaired) electrons. The Kier molecular flexibility index (Phi) is 7.63. The van der Waals surface area contributed by atoms with Gasteiger partial charge in [0.15, 0.2) is 0 Å². The van der Waals surface area contributed by atoms with Crippen LogP contribution in [-0.4, -0.2) is 65.5 Å². The number of hydrogen-bond donors (Lipinski definition) is 0. The van der Waals surface area contributed by atoms with Crippen molar-refractivity contribution in [2.45, 2.75) is 65.5 Å². The number of imide groups is 1. The minimum Gasteiger partial charge on any atom is -0.497 e. The summed E-state index contributed by atoms with van der Waals surface area (Å²) in [6.45, 7) is 12.6. The Morgan fingerprint density at radius 3 is 2.45 bits per heavy atom. The van der Waals surface area contributed by atoms with Crippen molar-refractivity contribution >= 4 is 11.9 Å². The molecule has 0 unspecified atom stereocenters. The second-order valence-corrected chi connectivity index (χ2v) is 9.71. The fourth-order valence-corrected chi connectivity index (χ4v) is 4.73. The van der Waals surface area contributed by atoms with Gasteiger partial charge in [0.05, 0.1) is 13.7 Å². The van der Waals surface area contributed by atoms with E-state index in [0.717, 1.165) is 56.6 Å². The van der Waals surface area contributed by atoms with E-state index in [1.54, 1.807) is 7.11 Å². The van der Waals surface area contributed by atoms with Crippen LogP contribution >= 0.6 is 0 Å². The predicted molar refractivity (Wildman–Crippen MR) is 123 cm³/mol. The summed E-state index contributed by atoms with van der Waals surface area (Å²) in [5.41, 5.74) is 0.229. The minimum atomic E-state index is -0.684. The van der Waals surface area contributed by atoms with Crippen LogP contribution < -0.4 is 4.74 Å². The van der Waals surface area contributed by atoms with E-state index in [9.17, 15) is 9.59 Å². The van der Waals surface area contributed by atoms with Crippen molar-refractivity contribution in [3.05, 3.63) is 29.8 Å². The van der Waals surface area contributed by atoms with Gasteiger partial charge in [-0.25, -0.2) is 4.79 Å². The zero-order chi connectivity index (χ0) is 22.6. The molecule has 2 aliphatic heterocycles. The maximum atomic E-state index is 13.7. The first-order chi connectivity index (χ1) is 14.8. The van der Waals surface area contributed by atoms with Crippen molar-refractivity contribution in [2.75, 3.05) is 33.3 Å². The van der Waals surface area contributed by atoms with Crippen LogP contribution in [0.2, 0.25) is 0 Å². The molecule has 1 atom stereocenters. The Morgan fingerprint density at radius 1 is 1.13 bits per heavy atom. The number of methoxy groups -OCH3 is 1. The summed E-state index contributed by atoms with van der Waals surface area (Å²) in [7, 11) is 1.63. The summed E-state index contributed by atoms with van der Waals surface area (Å²) in [6.07, 6.45) is 3.51. The lowest BCUT2D eigenvalue weighted by molar-refractivity contribution is -0.136. The van der Waals surface area contributed by atoms with Crippen molar-refractivity contribution < 1.29 is 14.3 Å². The summed E-state index contributed by atoms with van der Waals surface area (Å²) in [6, 6.07) is 7.49. The van der Waals surface area contributed by atoms with Crippen LogP contribution in [-0.2, 0) is 11.3 Å². The number of piperidine rings is 1. The van der Waals surface area contributed by atoms with Gasteiger partial charge in [0.2, 0.25) is 0 Å². The number of rotatable bonds is 9. The van der Waals surface area contributed by atoms with Gasteiger partial charge in [0.25, 0.3) is 5.91 Å². The van der Waals surface area contributed by atoms with E-state index < -0.39 is 5.54 Å². The van der Waals surface area contributed by atoms with Crippen molar-refractivity contribution in [3.8, 4) is 5.75 Å². The summed E-state index contributed by atoms with van der Waals surface area (Å²) < 4.78 is 5.32. The third kappa shape index (κ3) is 5.05. The number of ether oxygens (including phenoxy) is 1. The van der Waals surface area contributed by atoms with Gasteiger partial charge in [0, 0.05) is 26.2 Å². The van der Waals surface area contributed by atoms with Gasteiger partial charge in [0.1, 0.15) is 11.3 Å². The number of benzene rings is 1. The Bertz CT molecular complexity index is 771. The maximum absolute atomic E-state index is 13.7. The second kappa shape index (κ2) is 10.0. The highest BCUT2D eigenvalue weighted by Crippen LogP contribution is 2.38. The topological polar surface area (TPSA) is 53.1 Å². The van der Waals surface area contributed by atoms with Gasteiger partial charge in [-0.05, 0) is 48.8 Å². The van der Waals surface area contributed by atoms with Gasteiger partial charge in [-0.3, -0.25) is 9.69 Å². The van der Waals surface area contributed by atoms with Crippen LogP contribution in [0.15, 0.2) is 24.3 Å². The number of likely N-dealkylation sites (tertiary alicyclic amines) is 1. The molecule has 31 heavy (non-hydrogen) atoms. The molecule has 6 heteroatoms. The van der Waals surface area contributed by atoms with E-state index in [2.05, 4.69) is 32.6 Å². The molecular formula is C25H39N3O3. The number of carbonyl (C=O) groups excluding carboxylic acids is 2. The molecule has 2 heterocycles. The van der Waals surface area contributed by atoms with Crippen molar-refractivity contribution in [1.29, 1.82) is 0 Å². The third-order valence-corrected chi connectivity index (χ3v) is 6.98. The number of carbonyl (C=O) groups is 2.